The summed E-state index contributed by atoms with van der Waals surface area (Å²) in [6.45, 7) is 2.92. The number of likely N-dealkylation sites (N-methyl/N-ethyl adjacent to an activating group) is 1. The van der Waals surface area contributed by atoms with Gasteiger partial charge in [-0.2, -0.15) is 0 Å². The fourth-order valence-corrected chi connectivity index (χ4v) is 3.06. The number of para-hydroxylation sites is 1. The van der Waals surface area contributed by atoms with Gasteiger partial charge >= 0.3 is 0 Å². The second kappa shape index (κ2) is 9.80. The molecule has 31 heavy (non-hydrogen) atoms. The number of nitrogens with zero attached hydrogens (tertiary/aromatic N) is 2. The molecule has 0 saturated heterocycles. The molecule has 0 bridgehead atoms. The Bertz CT molecular complexity index is 1170. The molecule has 2 N–H and O–H groups in total. The van der Waals surface area contributed by atoms with E-state index in [4.69, 9.17) is 9.47 Å². The van der Waals surface area contributed by atoms with Gasteiger partial charge in [-0.25, -0.2) is 4.98 Å². The minimum Gasteiger partial charge on any atom is -0.507 e. The Morgan fingerprint density at radius 1 is 1.32 bits per heavy atom. The average molecular weight is 423 g/mol. The van der Waals surface area contributed by atoms with Crippen molar-refractivity contribution in [1.29, 1.82) is 0 Å². The fraction of sp³-hybridized carbons (Fsp3) is 0.261. The van der Waals surface area contributed by atoms with Crippen LogP contribution in [0.5, 0.6) is 17.2 Å². The van der Waals surface area contributed by atoms with Gasteiger partial charge in [0.15, 0.2) is 11.5 Å². The van der Waals surface area contributed by atoms with Crippen LogP contribution < -0.4 is 15.0 Å². The van der Waals surface area contributed by atoms with Gasteiger partial charge < -0.3 is 24.5 Å². The topological polar surface area (TPSA) is 105 Å². The standard InChI is InChI=1S/C23H25N3O5/c1-4-10-31-22-16(6-5-7-19(22)30-3)14-26(2)21(29)9-8-15-11-17-18(27)12-20(28)25-23(17)24-13-15/h5-9,11-13H,4,10,14H2,1-3H3,(H2,24,25,27,28)/b9-8+. The smallest absolute Gasteiger partial charge is 0.253 e. The Hall–Kier alpha value is -3.81. The van der Waals surface area contributed by atoms with Gasteiger partial charge in [0.05, 0.1) is 19.1 Å². The number of aromatic hydroxyl groups is 1. The van der Waals surface area contributed by atoms with Crippen LogP contribution in [0.25, 0.3) is 17.1 Å². The predicted octanol–water partition coefficient (Wildman–Crippen LogP) is 3.10. The van der Waals surface area contributed by atoms with Crippen LogP contribution in [0, 0.1) is 0 Å². The number of methoxy groups -OCH3 is 1. The highest BCUT2D eigenvalue weighted by Crippen LogP contribution is 2.32. The molecule has 162 valence electrons. The van der Waals surface area contributed by atoms with E-state index in [-0.39, 0.29) is 17.3 Å². The molecule has 0 unspecified atom stereocenters. The summed E-state index contributed by atoms with van der Waals surface area (Å²) in [5.74, 6) is 0.888. The average Bonchev–Trinajstić information content (AvgIpc) is 2.76. The molecular formula is C23H25N3O5. The van der Waals surface area contributed by atoms with Gasteiger partial charge in [0, 0.05) is 37.5 Å². The highest BCUT2D eigenvalue weighted by Gasteiger charge is 2.14. The number of pyridine rings is 2. The summed E-state index contributed by atoms with van der Waals surface area (Å²) in [4.78, 5) is 32.3. The van der Waals surface area contributed by atoms with Crippen LogP contribution >= 0.6 is 0 Å². The van der Waals surface area contributed by atoms with E-state index in [1.54, 1.807) is 31.2 Å². The largest absolute Gasteiger partial charge is 0.507 e. The van der Waals surface area contributed by atoms with Gasteiger partial charge in [0.2, 0.25) is 5.91 Å². The molecule has 0 aliphatic rings. The van der Waals surface area contributed by atoms with Crippen molar-refractivity contribution >= 4 is 23.0 Å². The summed E-state index contributed by atoms with van der Waals surface area (Å²) >= 11 is 0. The number of carbonyl (C=O) groups is 1. The number of aromatic amines is 1. The maximum absolute atomic E-state index is 12.6. The number of benzene rings is 1. The van der Waals surface area contributed by atoms with E-state index in [0.717, 1.165) is 18.1 Å². The lowest BCUT2D eigenvalue weighted by molar-refractivity contribution is -0.125. The van der Waals surface area contributed by atoms with Crippen LogP contribution in [0.15, 0.2) is 47.4 Å². The summed E-state index contributed by atoms with van der Waals surface area (Å²) in [7, 11) is 3.28. The molecule has 0 saturated carbocycles. The van der Waals surface area contributed by atoms with E-state index in [2.05, 4.69) is 9.97 Å². The summed E-state index contributed by atoms with van der Waals surface area (Å²) in [6.07, 6.45) is 5.41. The first-order valence-corrected chi connectivity index (χ1v) is 9.86. The number of H-pyrrole nitrogens is 1. The van der Waals surface area contributed by atoms with Gasteiger partial charge in [-0.15, -0.1) is 0 Å². The van der Waals surface area contributed by atoms with E-state index in [0.29, 0.717) is 35.6 Å². The third-order valence-electron chi connectivity index (χ3n) is 4.63. The van der Waals surface area contributed by atoms with Gasteiger partial charge in [-0.1, -0.05) is 19.1 Å². The van der Waals surface area contributed by atoms with Crippen molar-refractivity contribution in [2.75, 3.05) is 20.8 Å². The molecule has 0 radical (unpaired) electrons. The molecule has 8 nitrogen and oxygen atoms in total. The molecule has 0 aliphatic heterocycles. The van der Waals surface area contributed by atoms with Crippen molar-refractivity contribution < 1.29 is 19.4 Å². The summed E-state index contributed by atoms with van der Waals surface area (Å²) < 4.78 is 11.2. The van der Waals surface area contributed by atoms with E-state index < -0.39 is 5.56 Å². The number of rotatable bonds is 8. The molecule has 0 atom stereocenters. The second-order valence-electron chi connectivity index (χ2n) is 7.01. The number of hydrogen-bond donors (Lipinski definition) is 2. The fourth-order valence-electron chi connectivity index (χ4n) is 3.06. The molecule has 0 fully saturated rings. The quantitative estimate of drug-likeness (QED) is 0.540. The second-order valence-corrected chi connectivity index (χ2v) is 7.01. The molecule has 2 heterocycles. The van der Waals surface area contributed by atoms with E-state index >= 15 is 0 Å². The Kier molecular flexibility index (Phi) is 6.92. The highest BCUT2D eigenvalue weighted by atomic mass is 16.5. The van der Waals surface area contributed by atoms with Crippen molar-refractivity contribution in [3.63, 3.8) is 0 Å². The number of carbonyl (C=O) groups excluding carboxylic acids is 1. The van der Waals surface area contributed by atoms with Crippen molar-refractivity contribution in [3.05, 3.63) is 64.1 Å². The number of hydrogen-bond acceptors (Lipinski definition) is 6. The third-order valence-corrected chi connectivity index (χ3v) is 4.63. The van der Waals surface area contributed by atoms with Crippen LogP contribution in [-0.2, 0) is 11.3 Å². The number of ether oxygens (including phenoxy) is 2. The van der Waals surface area contributed by atoms with Gasteiger partial charge in [0.25, 0.3) is 5.56 Å². The summed E-state index contributed by atoms with van der Waals surface area (Å²) in [5, 5.41) is 10.4. The molecule has 2 aromatic heterocycles. The lowest BCUT2D eigenvalue weighted by Crippen LogP contribution is -2.24. The van der Waals surface area contributed by atoms with Crippen LogP contribution in [0.2, 0.25) is 0 Å². The van der Waals surface area contributed by atoms with Crippen molar-refractivity contribution in [2.24, 2.45) is 0 Å². The molecule has 3 rings (SSSR count). The van der Waals surface area contributed by atoms with E-state index in [1.807, 2.05) is 25.1 Å². The number of fused-ring (bicyclic) bond motifs is 1. The normalized spacial score (nSPS) is 11.1. The Morgan fingerprint density at radius 3 is 2.87 bits per heavy atom. The summed E-state index contributed by atoms with van der Waals surface area (Å²) in [5.41, 5.74) is 1.31. The highest BCUT2D eigenvalue weighted by molar-refractivity contribution is 5.92. The zero-order chi connectivity index (χ0) is 22.4. The van der Waals surface area contributed by atoms with Crippen molar-refractivity contribution in [1.82, 2.24) is 14.9 Å². The summed E-state index contributed by atoms with van der Waals surface area (Å²) in [6, 6.07) is 8.32. The number of aromatic nitrogens is 2. The van der Waals surface area contributed by atoms with Crippen LogP contribution in [0.4, 0.5) is 0 Å². The van der Waals surface area contributed by atoms with Crippen molar-refractivity contribution in [3.8, 4) is 17.2 Å². The van der Waals surface area contributed by atoms with E-state index in [1.165, 1.54) is 12.3 Å². The lowest BCUT2D eigenvalue weighted by Gasteiger charge is -2.19. The van der Waals surface area contributed by atoms with Crippen molar-refractivity contribution in [2.45, 2.75) is 19.9 Å². The molecule has 0 aliphatic carbocycles. The van der Waals surface area contributed by atoms with Crippen LogP contribution in [0.1, 0.15) is 24.5 Å². The zero-order valence-electron chi connectivity index (χ0n) is 17.7. The Labute approximate surface area is 179 Å². The monoisotopic (exact) mass is 423 g/mol. The van der Waals surface area contributed by atoms with Crippen LogP contribution in [0.3, 0.4) is 0 Å². The first-order chi connectivity index (χ1) is 14.9. The van der Waals surface area contributed by atoms with Gasteiger partial charge in [-0.05, 0) is 30.2 Å². The molecule has 1 amide bonds. The SMILES string of the molecule is CCCOc1c(CN(C)C(=O)/C=C/c2cnc3[nH]c(=O)cc(O)c3c2)cccc1OC. The first-order valence-electron chi connectivity index (χ1n) is 9.86. The lowest BCUT2D eigenvalue weighted by atomic mass is 10.1. The third kappa shape index (κ3) is 5.22. The molecule has 1 aromatic carbocycles. The molecular weight excluding hydrogens is 398 g/mol. The predicted molar refractivity (Wildman–Crippen MR) is 118 cm³/mol. The maximum atomic E-state index is 12.6. The Morgan fingerprint density at radius 2 is 2.13 bits per heavy atom. The van der Waals surface area contributed by atoms with E-state index in [9.17, 15) is 14.7 Å². The zero-order valence-corrected chi connectivity index (χ0v) is 17.7. The van der Waals surface area contributed by atoms with Gasteiger partial charge in [0.1, 0.15) is 11.4 Å². The van der Waals surface area contributed by atoms with Crippen LogP contribution in [-0.4, -0.2) is 46.6 Å². The molecule has 0 spiro atoms. The minimum atomic E-state index is -0.433. The molecule has 3 aromatic rings. The van der Waals surface area contributed by atoms with Gasteiger partial charge in [-0.3, -0.25) is 9.59 Å². The molecule has 8 heteroatoms. The number of nitrogens with one attached hydrogen (secondary N) is 1. The maximum Gasteiger partial charge on any atom is 0.253 e. The Balaban J connectivity index is 1.76. The minimum absolute atomic E-state index is 0.164. The number of amides is 1. The first kappa shape index (κ1) is 21.9.